The zero-order valence-corrected chi connectivity index (χ0v) is 35.8. The summed E-state index contributed by atoms with van der Waals surface area (Å²) in [6.07, 6.45) is -26.5. The van der Waals surface area contributed by atoms with Gasteiger partial charge in [-0.2, -0.15) is 0 Å². The first-order valence-electron chi connectivity index (χ1n) is 20.9. The van der Waals surface area contributed by atoms with Crippen LogP contribution >= 0.6 is 0 Å². The van der Waals surface area contributed by atoms with E-state index in [1.165, 1.54) is 0 Å². The van der Waals surface area contributed by atoms with Gasteiger partial charge in [-0.25, -0.2) is 0 Å². The normalized spacial score (nSPS) is 37.9. The van der Waals surface area contributed by atoms with Gasteiger partial charge in [0.15, 0.2) is 18.9 Å². The zero-order valence-electron chi connectivity index (χ0n) is 35.8. The molecule has 4 fully saturated rings. The average molecular weight is 990 g/mol. The Bertz CT molecular complexity index is 1660. The fraction of sp³-hybridized carbons (Fsp3) is 0.806. The van der Waals surface area contributed by atoms with Gasteiger partial charge in [0.05, 0.1) is 19.8 Å². The van der Waals surface area contributed by atoms with E-state index in [4.69, 9.17) is 28.4 Å². The van der Waals surface area contributed by atoms with E-state index >= 15 is 0 Å². The van der Waals surface area contributed by atoms with Crippen LogP contribution in [0.5, 0.6) is 0 Å². The first kappa shape index (κ1) is 56.2. The van der Waals surface area contributed by atoms with Crippen molar-refractivity contribution in [2.75, 3.05) is 65.8 Å². The van der Waals surface area contributed by atoms with Gasteiger partial charge in [-0.1, -0.05) is 0 Å². The standard InChI is InChI=1S/C36H59N7O25/c44-6-15-22(51)25(54)28(57)34(66-15)63-9-19(48)41-12-3-38-18(47)1-2-37-31(60)13(42-20(49)10-64-35-29(58)26(55)23(52)16(7-45)67-35)4-39-33(62)14(5-40-32(12)61)43-21(50)11-65-36-30(59)27(56)24(53)17(8-46)68-36/h12-17,22-30,34-36,44-46,51-59H,1-11H2,(H,37,60)(H,38,47)(H,39,62)(H,40,61)(H,41,48)(H,42,49)(H,43,50)/t12?,13-,14-,15+,16+,17+,22+,23+,24-,25-,26-,27-,28+,29-,30+,34+,35-,36+/m0/s1. The van der Waals surface area contributed by atoms with Crippen LogP contribution < -0.4 is 37.2 Å². The predicted molar refractivity (Wildman–Crippen MR) is 212 cm³/mol. The van der Waals surface area contributed by atoms with Gasteiger partial charge in [0.25, 0.3) is 0 Å². The minimum absolute atomic E-state index is 0.421. The molecule has 19 N–H and O–H groups in total. The van der Waals surface area contributed by atoms with Crippen molar-refractivity contribution in [1.82, 2.24) is 37.2 Å². The lowest BCUT2D eigenvalue weighted by molar-refractivity contribution is -0.299. The summed E-state index contributed by atoms with van der Waals surface area (Å²) in [6, 6.07) is -5.16. The van der Waals surface area contributed by atoms with E-state index in [-0.39, 0.29) is 0 Å². The van der Waals surface area contributed by atoms with E-state index in [0.29, 0.717) is 0 Å². The lowest BCUT2D eigenvalue weighted by Gasteiger charge is -2.39. The monoisotopic (exact) mass is 989 g/mol. The van der Waals surface area contributed by atoms with Gasteiger partial charge in [0.1, 0.15) is 111 Å². The minimum atomic E-state index is -1.93. The average Bonchev–Trinajstić information content (AvgIpc) is 3.31. The Kier molecular flexibility index (Phi) is 21.9. The molecule has 68 heavy (non-hydrogen) atoms. The van der Waals surface area contributed by atoms with Crippen LogP contribution in [-0.2, 0) is 62.0 Å². The molecule has 0 radical (unpaired) electrons. The third-order valence-electron chi connectivity index (χ3n) is 10.8. The Labute approximate surface area is 384 Å². The Morgan fingerprint density at radius 3 is 1.06 bits per heavy atom. The fourth-order valence-electron chi connectivity index (χ4n) is 6.80. The van der Waals surface area contributed by atoms with Crippen molar-refractivity contribution in [2.45, 2.75) is 117 Å². The van der Waals surface area contributed by atoms with Gasteiger partial charge >= 0.3 is 0 Å². The molecular formula is C36H59N7O25. The van der Waals surface area contributed by atoms with E-state index < -0.39 is 224 Å². The summed E-state index contributed by atoms with van der Waals surface area (Å²) in [5, 5.41) is 135. The number of aliphatic hydroxyl groups excluding tert-OH is 12. The Hall–Kier alpha value is -4.43. The number of hydrogen-bond acceptors (Lipinski definition) is 25. The summed E-state index contributed by atoms with van der Waals surface area (Å²) in [4.78, 5) is 92.4. The number of rotatable bonds is 15. The maximum Gasteiger partial charge on any atom is 0.246 e. The molecule has 32 heteroatoms. The molecule has 0 aromatic heterocycles. The molecular weight excluding hydrogens is 930 g/mol. The largest absolute Gasteiger partial charge is 0.394 e. The van der Waals surface area contributed by atoms with Crippen molar-refractivity contribution in [3.05, 3.63) is 0 Å². The number of amides is 7. The molecule has 4 aliphatic rings. The van der Waals surface area contributed by atoms with E-state index in [1.54, 1.807) is 0 Å². The third-order valence-corrected chi connectivity index (χ3v) is 10.8. The molecule has 4 heterocycles. The molecule has 18 atom stereocenters. The van der Waals surface area contributed by atoms with E-state index in [9.17, 15) is 94.8 Å². The van der Waals surface area contributed by atoms with Crippen LogP contribution in [0, 0.1) is 0 Å². The highest BCUT2D eigenvalue weighted by Crippen LogP contribution is 2.24. The Morgan fingerprint density at radius 2 is 0.750 bits per heavy atom. The summed E-state index contributed by atoms with van der Waals surface area (Å²) in [6.45, 7) is -8.10. The van der Waals surface area contributed by atoms with Gasteiger partial charge in [0.2, 0.25) is 41.4 Å². The smallest absolute Gasteiger partial charge is 0.246 e. The Morgan fingerprint density at radius 1 is 0.456 bits per heavy atom. The molecule has 4 saturated heterocycles. The second-order valence-corrected chi connectivity index (χ2v) is 15.7. The molecule has 4 rings (SSSR count). The zero-order chi connectivity index (χ0) is 50.4. The first-order valence-corrected chi connectivity index (χ1v) is 20.9. The lowest BCUT2D eigenvalue weighted by atomic mass is 9.99. The van der Waals surface area contributed by atoms with Crippen molar-refractivity contribution in [1.29, 1.82) is 0 Å². The molecule has 0 saturated carbocycles. The molecule has 32 nitrogen and oxygen atoms in total. The van der Waals surface area contributed by atoms with Crippen molar-refractivity contribution < 1.29 is 123 Å². The van der Waals surface area contributed by atoms with E-state index in [0.717, 1.165) is 0 Å². The fourth-order valence-corrected chi connectivity index (χ4v) is 6.80. The maximum absolute atomic E-state index is 13.7. The van der Waals surface area contributed by atoms with Crippen LogP contribution in [0.15, 0.2) is 0 Å². The van der Waals surface area contributed by atoms with Crippen LogP contribution in [0.25, 0.3) is 0 Å². The van der Waals surface area contributed by atoms with Crippen LogP contribution in [0.2, 0.25) is 0 Å². The molecule has 1 unspecified atom stereocenters. The topological polar surface area (TPSA) is 502 Å². The van der Waals surface area contributed by atoms with Crippen LogP contribution in [-0.4, -0.2) is 279 Å². The molecule has 0 aromatic carbocycles. The van der Waals surface area contributed by atoms with Gasteiger partial charge in [-0.3, -0.25) is 33.6 Å². The van der Waals surface area contributed by atoms with Crippen molar-refractivity contribution in [3.63, 3.8) is 0 Å². The first-order chi connectivity index (χ1) is 32.2. The van der Waals surface area contributed by atoms with Crippen LogP contribution in [0.3, 0.4) is 0 Å². The minimum Gasteiger partial charge on any atom is -0.394 e. The van der Waals surface area contributed by atoms with E-state index in [1.807, 2.05) is 0 Å². The lowest BCUT2D eigenvalue weighted by Crippen LogP contribution is -2.61. The molecule has 388 valence electrons. The molecule has 0 aromatic rings. The number of ether oxygens (including phenoxy) is 6. The summed E-state index contributed by atoms with van der Waals surface area (Å²) in [5.74, 6) is -7.37. The summed E-state index contributed by atoms with van der Waals surface area (Å²) in [7, 11) is 0. The van der Waals surface area contributed by atoms with Gasteiger partial charge in [-0.05, 0) is 0 Å². The molecule has 0 bridgehead atoms. The number of aliphatic hydroxyl groups is 12. The SMILES string of the molecule is O=C1CCNC(=O)[C@@H](NC(=O)CO[C@H]2O[C@H](CO)[C@@H](O)[C@H](O)[C@@H]2O)CNC(=O)[C@@H](NC(=O)CO[C@@H]2O[C@H](CO)[C@H](O)[C@H](O)[C@H]2O)CNC(=O)C(NC(=O)CO[C@@H]2O[C@H](CO)[C@@H](O)[C@H](O)[C@H]2O)CN1. The van der Waals surface area contributed by atoms with E-state index in [2.05, 4.69) is 37.2 Å². The molecule has 4 aliphatic heterocycles. The second-order valence-electron chi connectivity index (χ2n) is 15.7. The van der Waals surface area contributed by atoms with Crippen molar-refractivity contribution in [3.8, 4) is 0 Å². The van der Waals surface area contributed by atoms with Crippen LogP contribution in [0.4, 0.5) is 0 Å². The molecule has 7 amide bonds. The second kappa shape index (κ2) is 26.5. The number of hydrogen-bond donors (Lipinski definition) is 19. The van der Waals surface area contributed by atoms with Crippen LogP contribution in [0.1, 0.15) is 6.42 Å². The van der Waals surface area contributed by atoms with Gasteiger partial charge in [-0.15, -0.1) is 0 Å². The maximum atomic E-state index is 13.7. The summed E-state index contributed by atoms with van der Waals surface area (Å²) >= 11 is 0. The number of nitrogens with one attached hydrogen (secondary N) is 7. The third kappa shape index (κ3) is 15.3. The molecule has 0 aliphatic carbocycles. The number of carbonyl (C=O) groups is 7. The predicted octanol–water partition coefficient (Wildman–Crippen LogP) is -14.2. The quantitative estimate of drug-likeness (QED) is 0.0724. The highest BCUT2D eigenvalue weighted by Gasteiger charge is 2.47. The summed E-state index contributed by atoms with van der Waals surface area (Å²) < 4.78 is 31.2. The van der Waals surface area contributed by atoms with Crippen molar-refractivity contribution >= 4 is 41.4 Å². The highest BCUT2D eigenvalue weighted by molar-refractivity contribution is 5.93. The molecule has 0 spiro atoms. The van der Waals surface area contributed by atoms with Crippen molar-refractivity contribution in [2.24, 2.45) is 0 Å². The highest BCUT2D eigenvalue weighted by atomic mass is 16.7. The van der Waals surface area contributed by atoms with Gasteiger partial charge in [0, 0.05) is 32.6 Å². The number of carbonyl (C=O) groups excluding carboxylic acids is 7. The van der Waals surface area contributed by atoms with Gasteiger partial charge < -0.3 is 127 Å². The summed E-state index contributed by atoms with van der Waals surface area (Å²) in [5.41, 5.74) is 0. The Balaban J connectivity index is 1.48.